The van der Waals surface area contributed by atoms with Crippen molar-refractivity contribution in [2.75, 3.05) is 11.0 Å². The minimum absolute atomic E-state index is 0.0900. The van der Waals surface area contributed by atoms with Crippen molar-refractivity contribution in [3.63, 3.8) is 0 Å². The number of aryl methyl sites for hydroxylation is 1. The molecular weight excluding hydrogens is 465 g/mol. The molecule has 0 spiro atoms. The number of hydrogen-bond donors (Lipinski definition) is 1. The van der Waals surface area contributed by atoms with Crippen molar-refractivity contribution < 1.29 is 21.2 Å². The molecule has 1 unspecified atom stereocenters. The number of halogens is 1. The van der Waals surface area contributed by atoms with E-state index in [0.29, 0.717) is 22.5 Å². The van der Waals surface area contributed by atoms with Crippen LogP contribution in [0.15, 0.2) is 82.8 Å². The van der Waals surface area contributed by atoms with E-state index in [2.05, 4.69) is 9.82 Å². The average Bonchev–Trinajstić information content (AvgIpc) is 3.20. The number of rotatable bonds is 6. The Balaban J connectivity index is 1.74. The van der Waals surface area contributed by atoms with Gasteiger partial charge in [-0.2, -0.15) is 17.9 Å². The summed E-state index contributed by atoms with van der Waals surface area (Å²) in [6, 6.07) is 18.0. The van der Waals surface area contributed by atoms with E-state index >= 15 is 0 Å². The predicted octanol–water partition coefficient (Wildman–Crippen LogP) is 4.05. The third-order valence-corrected chi connectivity index (χ3v) is 7.50. The van der Waals surface area contributed by atoms with Crippen LogP contribution in [0.5, 0.6) is 0 Å². The van der Waals surface area contributed by atoms with Crippen LogP contribution in [0.1, 0.15) is 29.2 Å². The molecule has 0 saturated carbocycles. The summed E-state index contributed by atoms with van der Waals surface area (Å²) in [5.74, 6) is -0.468. The second kappa shape index (κ2) is 8.60. The number of benzene rings is 3. The van der Waals surface area contributed by atoms with Gasteiger partial charge in [-0.1, -0.05) is 42.0 Å². The molecule has 1 heterocycles. The van der Waals surface area contributed by atoms with Gasteiger partial charge in [-0.15, -0.1) is 0 Å². The summed E-state index contributed by atoms with van der Waals surface area (Å²) in [5.41, 5.74) is 2.91. The van der Waals surface area contributed by atoms with E-state index in [-0.39, 0.29) is 11.3 Å². The molecule has 1 N–H and O–H groups in total. The van der Waals surface area contributed by atoms with E-state index in [1.807, 2.05) is 6.92 Å². The minimum atomic E-state index is -4.01. The van der Waals surface area contributed by atoms with Crippen LogP contribution >= 0.6 is 0 Å². The monoisotopic (exact) mass is 487 g/mol. The highest BCUT2D eigenvalue weighted by molar-refractivity contribution is 7.92. The summed E-state index contributed by atoms with van der Waals surface area (Å²) in [5, 5.41) is 4.42. The van der Waals surface area contributed by atoms with E-state index in [1.54, 1.807) is 42.5 Å². The van der Waals surface area contributed by atoms with Gasteiger partial charge in [0.2, 0.25) is 10.0 Å². The van der Waals surface area contributed by atoms with Gasteiger partial charge in [0.05, 0.1) is 22.9 Å². The maximum absolute atomic E-state index is 13.9. The van der Waals surface area contributed by atoms with Crippen molar-refractivity contribution in [2.24, 2.45) is 5.10 Å². The highest BCUT2D eigenvalue weighted by Gasteiger charge is 2.37. The molecule has 3 aromatic rings. The highest BCUT2D eigenvalue weighted by atomic mass is 32.2. The van der Waals surface area contributed by atoms with Crippen LogP contribution in [0.3, 0.4) is 0 Å². The van der Waals surface area contributed by atoms with Gasteiger partial charge in [-0.3, -0.25) is 4.72 Å². The predicted molar refractivity (Wildman–Crippen MR) is 125 cm³/mol. The number of nitrogens with zero attached hydrogens (tertiary/aromatic N) is 2. The molecular formula is C23H22FN3O4S2. The van der Waals surface area contributed by atoms with E-state index < -0.39 is 31.9 Å². The fraction of sp³-hybridized carbons (Fsp3) is 0.174. The number of sulfonamides is 2. The van der Waals surface area contributed by atoms with Crippen LogP contribution in [-0.4, -0.2) is 33.2 Å². The molecule has 7 nitrogen and oxygen atoms in total. The normalized spacial score (nSPS) is 16.5. The fourth-order valence-corrected chi connectivity index (χ4v) is 5.61. The molecule has 3 aromatic carbocycles. The van der Waals surface area contributed by atoms with Gasteiger partial charge < -0.3 is 0 Å². The second-order valence-corrected chi connectivity index (χ2v) is 11.4. The fourth-order valence-electron chi connectivity index (χ4n) is 3.61. The van der Waals surface area contributed by atoms with Gasteiger partial charge in [-0.25, -0.2) is 12.8 Å². The van der Waals surface area contributed by atoms with E-state index in [9.17, 15) is 21.2 Å². The summed E-state index contributed by atoms with van der Waals surface area (Å²) < 4.78 is 67.1. The Morgan fingerprint density at radius 3 is 2.24 bits per heavy atom. The molecule has 1 aliphatic heterocycles. The highest BCUT2D eigenvalue weighted by Crippen LogP contribution is 2.37. The van der Waals surface area contributed by atoms with Crippen molar-refractivity contribution in [3.8, 4) is 0 Å². The Kier molecular flexibility index (Phi) is 5.98. The smallest absolute Gasteiger partial charge is 0.279 e. The van der Waals surface area contributed by atoms with Crippen LogP contribution in [0.2, 0.25) is 0 Å². The third kappa shape index (κ3) is 5.07. The van der Waals surface area contributed by atoms with E-state index in [0.717, 1.165) is 16.2 Å². The number of hydrogen-bond acceptors (Lipinski definition) is 5. The number of anilines is 1. The quantitative estimate of drug-likeness (QED) is 0.568. The zero-order valence-corrected chi connectivity index (χ0v) is 19.6. The molecule has 0 bridgehead atoms. The van der Waals surface area contributed by atoms with Gasteiger partial charge in [0, 0.05) is 12.1 Å². The summed E-state index contributed by atoms with van der Waals surface area (Å²) in [7, 11) is -7.43. The Morgan fingerprint density at radius 2 is 1.64 bits per heavy atom. The van der Waals surface area contributed by atoms with Crippen LogP contribution in [0.25, 0.3) is 0 Å². The lowest BCUT2D eigenvalue weighted by Gasteiger charge is -2.23. The first-order chi connectivity index (χ1) is 15.5. The van der Waals surface area contributed by atoms with Crippen molar-refractivity contribution in [3.05, 3.63) is 95.3 Å². The topological polar surface area (TPSA) is 95.9 Å². The zero-order chi connectivity index (χ0) is 23.8. The first kappa shape index (κ1) is 22.9. The Labute approximate surface area is 192 Å². The van der Waals surface area contributed by atoms with Gasteiger partial charge in [0.25, 0.3) is 10.0 Å². The van der Waals surface area contributed by atoms with Crippen molar-refractivity contribution >= 4 is 31.4 Å². The van der Waals surface area contributed by atoms with Crippen LogP contribution in [0.4, 0.5) is 10.1 Å². The van der Waals surface area contributed by atoms with E-state index in [1.165, 1.54) is 30.3 Å². The third-order valence-electron chi connectivity index (χ3n) is 5.19. The average molecular weight is 488 g/mol. The van der Waals surface area contributed by atoms with Crippen LogP contribution in [0, 0.1) is 12.7 Å². The van der Waals surface area contributed by atoms with Gasteiger partial charge in [0.1, 0.15) is 5.82 Å². The van der Waals surface area contributed by atoms with Crippen LogP contribution < -0.4 is 4.72 Å². The molecule has 1 aliphatic rings. The lowest BCUT2D eigenvalue weighted by atomic mass is 9.99. The van der Waals surface area contributed by atoms with Gasteiger partial charge in [-0.05, 0) is 54.4 Å². The number of hydrazone groups is 1. The summed E-state index contributed by atoms with van der Waals surface area (Å²) >= 11 is 0. The molecule has 10 heteroatoms. The number of nitrogens with one attached hydrogen (secondary N) is 1. The van der Waals surface area contributed by atoms with Crippen molar-refractivity contribution in [1.29, 1.82) is 0 Å². The van der Waals surface area contributed by atoms with E-state index in [4.69, 9.17) is 0 Å². The molecule has 33 heavy (non-hydrogen) atoms. The summed E-state index contributed by atoms with van der Waals surface area (Å²) in [4.78, 5) is 0.0900. The maximum Gasteiger partial charge on any atom is 0.279 e. The lowest BCUT2D eigenvalue weighted by Crippen LogP contribution is -2.27. The summed E-state index contributed by atoms with van der Waals surface area (Å²) in [6.07, 6.45) is 1.28. The Bertz CT molecular complexity index is 1420. The molecule has 1 atom stereocenters. The van der Waals surface area contributed by atoms with Crippen molar-refractivity contribution in [1.82, 2.24) is 4.41 Å². The zero-order valence-electron chi connectivity index (χ0n) is 17.9. The molecule has 0 radical (unpaired) electrons. The molecule has 0 fully saturated rings. The largest absolute Gasteiger partial charge is 0.284 e. The lowest BCUT2D eigenvalue weighted by molar-refractivity contribution is 0.370. The Hall–Kier alpha value is -3.24. The molecule has 0 amide bonds. The first-order valence-electron chi connectivity index (χ1n) is 10.1. The summed E-state index contributed by atoms with van der Waals surface area (Å²) in [6.45, 7) is 1.86. The van der Waals surface area contributed by atoms with Gasteiger partial charge in [0.15, 0.2) is 0 Å². The standard InChI is InChI=1S/C23H22FN3O4S2/c1-16-6-12-21(13-7-16)33(30,31)27-23(18-4-3-5-19(24)14-18)15-22(25-27)17-8-10-20(11-9-17)26-32(2,28)29/h3-14,23,26H,15H2,1-2H3. The van der Waals surface area contributed by atoms with Crippen molar-refractivity contribution in [2.45, 2.75) is 24.3 Å². The molecule has 0 aromatic heterocycles. The molecule has 0 saturated heterocycles. The minimum Gasteiger partial charge on any atom is -0.284 e. The SMILES string of the molecule is Cc1ccc(S(=O)(=O)N2N=C(c3ccc(NS(C)(=O)=O)cc3)CC2c2cccc(F)c2)cc1. The Morgan fingerprint density at radius 1 is 0.970 bits per heavy atom. The molecule has 4 rings (SSSR count). The molecule has 172 valence electrons. The maximum atomic E-state index is 13.9. The van der Waals surface area contributed by atoms with Gasteiger partial charge >= 0.3 is 0 Å². The van der Waals surface area contributed by atoms with Crippen LogP contribution in [-0.2, 0) is 20.0 Å². The molecule has 0 aliphatic carbocycles. The second-order valence-electron chi connectivity index (χ2n) is 7.86. The first-order valence-corrected chi connectivity index (χ1v) is 13.4.